The fraction of sp³-hybridized carbons (Fsp3) is 0.529. The van der Waals surface area contributed by atoms with Gasteiger partial charge in [-0.1, -0.05) is 30.3 Å². The van der Waals surface area contributed by atoms with Gasteiger partial charge in [0.25, 0.3) is 0 Å². The van der Waals surface area contributed by atoms with Gasteiger partial charge >= 0.3 is 13.6 Å². The Hall–Kier alpha value is -1.73. The van der Waals surface area contributed by atoms with Gasteiger partial charge in [0.1, 0.15) is 5.78 Å². The molecular weight excluding hydrogens is 359 g/mol. The molecule has 1 aromatic carbocycles. The van der Waals surface area contributed by atoms with Crippen LogP contribution >= 0.6 is 7.60 Å². The molecule has 0 spiro atoms. The summed E-state index contributed by atoms with van der Waals surface area (Å²) in [6.45, 7) is 1.72. The monoisotopic (exact) mass is 386 g/mol. The Bertz CT molecular complexity index is 625. The third-order valence-electron chi connectivity index (χ3n) is 3.82. The van der Waals surface area contributed by atoms with Crippen LogP contribution in [0.5, 0.6) is 0 Å². The molecule has 26 heavy (non-hydrogen) atoms. The average Bonchev–Trinajstić information content (AvgIpc) is 2.60. The SMILES string of the molecule is CC(NC(=O)CCc1ccccc1)P(=O)(O)OC(CCCCN)C(=O)O. The van der Waals surface area contributed by atoms with Gasteiger partial charge in [-0.3, -0.25) is 13.9 Å². The molecule has 3 unspecified atom stereocenters. The molecule has 8 nitrogen and oxygen atoms in total. The average molecular weight is 386 g/mol. The minimum absolute atomic E-state index is 0.0752. The summed E-state index contributed by atoms with van der Waals surface area (Å²) in [5.41, 5.74) is 6.33. The number of rotatable bonds is 12. The molecule has 0 aromatic heterocycles. The number of aryl methyl sites for hydroxylation is 1. The van der Waals surface area contributed by atoms with Crippen molar-refractivity contribution in [2.75, 3.05) is 6.54 Å². The fourth-order valence-electron chi connectivity index (χ4n) is 2.26. The summed E-state index contributed by atoms with van der Waals surface area (Å²) in [6.07, 6.45) is 0.354. The summed E-state index contributed by atoms with van der Waals surface area (Å²) in [4.78, 5) is 33.2. The van der Waals surface area contributed by atoms with E-state index in [1.54, 1.807) is 0 Å². The highest BCUT2D eigenvalue weighted by Crippen LogP contribution is 2.47. The molecule has 0 fully saturated rings. The number of nitrogens with one attached hydrogen (secondary N) is 1. The Labute approximate surface area is 153 Å². The second-order valence-electron chi connectivity index (χ2n) is 6.01. The first-order chi connectivity index (χ1) is 12.3. The topological polar surface area (TPSA) is 139 Å². The number of nitrogens with two attached hydrogens (primary N) is 1. The van der Waals surface area contributed by atoms with E-state index in [0.717, 1.165) is 5.56 Å². The van der Waals surface area contributed by atoms with Crippen LogP contribution in [-0.4, -0.2) is 40.3 Å². The molecule has 1 amide bonds. The second-order valence-corrected chi connectivity index (χ2v) is 8.12. The molecule has 0 aliphatic heterocycles. The number of carboxylic acid groups (broad SMARTS) is 1. The molecule has 3 atom stereocenters. The van der Waals surface area contributed by atoms with E-state index in [0.29, 0.717) is 25.8 Å². The highest BCUT2D eigenvalue weighted by Gasteiger charge is 2.35. The number of amides is 1. The van der Waals surface area contributed by atoms with Gasteiger partial charge in [-0.2, -0.15) is 0 Å². The molecule has 0 aliphatic carbocycles. The Kier molecular flexibility index (Phi) is 9.51. The van der Waals surface area contributed by atoms with Crippen molar-refractivity contribution in [1.82, 2.24) is 5.32 Å². The quantitative estimate of drug-likeness (QED) is 0.318. The number of benzene rings is 1. The van der Waals surface area contributed by atoms with Crippen LogP contribution in [0.15, 0.2) is 30.3 Å². The molecule has 1 aromatic rings. The van der Waals surface area contributed by atoms with E-state index in [-0.39, 0.29) is 12.8 Å². The number of carboxylic acids is 1. The van der Waals surface area contributed by atoms with E-state index < -0.39 is 31.4 Å². The lowest BCUT2D eigenvalue weighted by Gasteiger charge is -2.23. The fourth-order valence-corrected chi connectivity index (χ4v) is 3.31. The highest BCUT2D eigenvalue weighted by atomic mass is 31.2. The van der Waals surface area contributed by atoms with E-state index in [1.807, 2.05) is 30.3 Å². The van der Waals surface area contributed by atoms with Gasteiger partial charge in [0, 0.05) is 6.42 Å². The summed E-state index contributed by atoms with van der Waals surface area (Å²) in [5, 5.41) is 11.5. The Morgan fingerprint density at radius 2 is 1.92 bits per heavy atom. The van der Waals surface area contributed by atoms with Crippen molar-refractivity contribution in [1.29, 1.82) is 0 Å². The molecule has 0 aliphatic rings. The first-order valence-electron chi connectivity index (χ1n) is 8.53. The summed E-state index contributed by atoms with van der Waals surface area (Å²) in [7, 11) is -4.34. The lowest BCUT2D eigenvalue weighted by Crippen LogP contribution is -2.35. The predicted molar refractivity (Wildman–Crippen MR) is 97.6 cm³/mol. The Morgan fingerprint density at radius 1 is 1.27 bits per heavy atom. The maximum Gasteiger partial charge on any atom is 0.350 e. The van der Waals surface area contributed by atoms with Crippen molar-refractivity contribution in [3.63, 3.8) is 0 Å². The van der Waals surface area contributed by atoms with E-state index in [4.69, 9.17) is 15.4 Å². The maximum absolute atomic E-state index is 12.3. The van der Waals surface area contributed by atoms with Gasteiger partial charge in [0.15, 0.2) is 6.10 Å². The van der Waals surface area contributed by atoms with Gasteiger partial charge in [-0.15, -0.1) is 0 Å². The molecule has 0 saturated heterocycles. The molecule has 9 heteroatoms. The highest BCUT2D eigenvalue weighted by molar-refractivity contribution is 7.53. The summed E-state index contributed by atoms with van der Waals surface area (Å²) < 4.78 is 17.2. The molecule has 0 bridgehead atoms. The molecule has 0 heterocycles. The van der Waals surface area contributed by atoms with Crippen LogP contribution in [-0.2, 0) is 25.1 Å². The van der Waals surface area contributed by atoms with Crippen LogP contribution in [0, 0.1) is 0 Å². The lowest BCUT2D eigenvalue weighted by molar-refractivity contribution is -0.145. The third-order valence-corrected chi connectivity index (χ3v) is 5.48. The smallest absolute Gasteiger partial charge is 0.350 e. The van der Waals surface area contributed by atoms with E-state index in [1.165, 1.54) is 6.92 Å². The second kappa shape index (κ2) is 11.1. The molecule has 146 valence electrons. The van der Waals surface area contributed by atoms with Crippen LogP contribution in [0.4, 0.5) is 0 Å². The maximum atomic E-state index is 12.3. The summed E-state index contributed by atoms with van der Waals surface area (Å²) in [5.74, 6) is -2.93. The molecule has 0 radical (unpaired) electrons. The standard InChI is InChI=1S/C17H27N2O6P/c1-13(19-16(20)11-10-14-7-3-2-4-8-14)26(23,24)25-15(17(21)22)9-5-6-12-18/h2-4,7-8,13,15H,5-6,9-12,18H2,1H3,(H,19,20)(H,21,22)(H,23,24). The zero-order valence-electron chi connectivity index (χ0n) is 14.8. The van der Waals surface area contributed by atoms with Gasteiger partial charge in [-0.05, 0) is 44.7 Å². The summed E-state index contributed by atoms with van der Waals surface area (Å²) >= 11 is 0. The first kappa shape index (κ1) is 22.3. The Balaban J connectivity index is 2.53. The minimum atomic E-state index is -4.34. The van der Waals surface area contributed by atoms with Crippen molar-refractivity contribution >= 4 is 19.5 Å². The van der Waals surface area contributed by atoms with Crippen molar-refractivity contribution < 1.29 is 28.7 Å². The van der Waals surface area contributed by atoms with Gasteiger partial charge in [0.2, 0.25) is 5.91 Å². The van der Waals surface area contributed by atoms with Crippen molar-refractivity contribution in [3.8, 4) is 0 Å². The van der Waals surface area contributed by atoms with Crippen LogP contribution < -0.4 is 11.1 Å². The van der Waals surface area contributed by atoms with Crippen molar-refractivity contribution in [2.24, 2.45) is 5.73 Å². The van der Waals surface area contributed by atoms with E-state index in [9.17, 15) is 19.0 Å². The van der Waals surface area contributed by atoms with Gasteiger partial charge in [0.05, 0.1) is 0 Å². The van der Waals surface area contributed by atoms with Crippen molar-refractivity contribution in [2.45, 2.75) is 50.9 Å². The largest absolute Gasteiger partial charge is 0.479 e. The predicted octanol–water partition coefficient (Wildman–Crippen LogP) is 1.87. The molecule has 0 saturated carbocycles. The van der Waals surface area contributed by atoms with Crippen LogP contribution in [0.3, 0.4) is 0 Å². The number of carbonyl (C=O) groups excluding carboxylic acids is 1. The molecular formula is C17H27N2O6P. The van der Waals surface area contributed by atoms with E-state index >= 15 is 0 Å². The zero-order valence-corrected chi connectivity index (χ0v) is 15.7. The number of carbonyl (C=O) groups is 2. The zero-order chi connectivity index (χ0) is 19.6. The Morgan fingerprint density at radius 3 is 2.50 bits per heavy atom. The molecule has 1 rings (SSSR count). The van der Waals surface area contributed by atoms with Gasteiger partial charge < -0.3 is 21.1 Å². The number of unbranched alkanes of at least 4 members (excludes halogenated alkanes) is 1. The van der Waals surface area contributed by atoms with Crippen LogP contribution in [0.1, 0.15) is 38.2 Å². The van der Waals surface area contributed by atoms with E-state index in [2.05, 4.69) is 5.32 Å². The van der Waals surface area contributed by atoms with Crippen LogP contribution in [0.2, 0.25) is 0 Å². The normalized spacial score (nSPS) is 15.7. The number of aliphatic carboxylic acids is 1. The first-order valence-corrected chi connectivity index (χ1v) is 10.2. The molecule has 5 N–H and O–H groups in total. The lowest BCUT2D eigenvalue weighted by atomic mass is 10.1. The third kappa shape index (κ3) is 8.10. The van der Waals surface area contributed by atoms with Gasteiger partial charge in [-0.25, -0.2) is 4.79 Å². The number of hydrogen-bond donors (Lipinski definition) is 4. The minimum Gasteiger partial charge on any atom is -0.479 e. The number of hydrogen-bond acceptors (Lipinski definition) is 5. The van der Waals surface area contributed by atoms with Crippen LogP contribution in [0.25, 0.3) is 0 Å². The van der Waals surface area contributed by atoms with Crippen molar-refractivity contribution in [3.05, 3.63) is 35.9 Å². The summed E-state index contributed by atoms with van der Waals surface area (Å²) in [6, 6.07) is 9.37.